The average Bonchev–Trinajstić information content (AvgIpc) is 3.33. The van der Waals surface area contributed by atoms with Gasteiger partial charge in [-0.15, -0.1) is 0 Å². The van der Waals surface area contributed by atoms with Gasteiger partial charge in [-0.3, -0.25) is 15.2 Å². The zero-order valence-electron chi connectivity index (χ0n) is 18.0. The number of aliphatic imine (C=N–C) groups is 1. The maximum atomic E-state index is 12.8. The molecule has 5 N–H and O–H groups in total. The summed E-state index contributed by atoms with van der Waals surface area (Å²) in [6.45, 7) is 1.52. The lowest BCUT2D eigenvalue weighted by molar-refractivity contribution is -0.139. The van der Waals surface area contributed by atoms with Gasteiger partial charge in [0, 0.05) is 23.4 Å². The van der Waals surface area contributed by atoms with Crippen LogP contribution < -0.4 is 21.1 Å². The molecule has 1 aliphatic heterocycles. The molecule has 0 saturated heterocycles. The molecular formula is C24H23N5O4. The Morgan fingerprint density at radius 1 is 1.12 bits per heavy atom. The Labute approximate surface area is 190 Å². The standard InChI is InChI=1S/C24H23N5O4/c1-32-21(30)13-19-18-8-4-16(22(25)26)12-15(18)5-9-20(19)33-23(31)14-2-6-17(7-3-14)29-24-27-10-11-28-24/h2-9,12H,10-11,13H2,1H3,(H3,25,26)(H2,27,28,29). The van der Waals surface area contributed by atoms with Crippen LogP contribution in [-0.2, 0) is 16.0 Å². The van der Waals surface area contributed by atoms with E-state index < -0.39 is 11.9 Å². The third-order valence-corrected chi connectivity index (χ3v) is 5.21. The van der Waals surface area contributed by atoms with Gasteiger partial charge in [0.25, 0.3) is 0 Å². The quantitative estimate of drug-likeness (QED) is 0.198. The Balaban J connectivity index is 1.60. The highest BCUT2D eigenvalue weighted by Gasteiger charge is 2.18. The molecule has 0 saturated carbocycles. The predicted molar refractivity (Wildman–Crippen MR) is 126 cm³/mol. The molecule has 9 nitrogen and oxygen atoms in total. The molecule has 1 heterocycles. The number of benzene rings is 3. The van der Waals surface area contributed by atoms with Gasteiger partial charge in [0.15, 0.2) is 5.96 Å². The van der Waals surface area contributed by atoms with Gasteiger partial charge in [0.1, 0.15) is 11.6 Å². The van der Waals surface area contributed by atoms with Crippen molar-refractivity contribution in [1.82, 2.24) is 5.32 Å². The number of ether oxygens (including phenoxy) is 2. The summed E-state index contributed by atoms with van der Waals surface area (Å²) in [5.41, 5.74) is 7.81. The van der Waals surface area contributed by atoms with Crippen molar-refractivity contribution in [2.24, 2.45) is 10.7 Å². The van der Waals surface area contributed by atoms with Crippen molar-refractivity contribution in [3.63, 3.8) is 0 Å². The minimum absolute atomic E-state index is 0.0596. The summed E-state index contributed by atoms with van der Waals surface area (Å²) in [7, 11) is 1.30. The molecule has 0 radical (unpaired) electrons. The number of rotatable bonds is 6. The summed E-state index contributed by atoms with van der Waals surface area (Å²) in [6.07, 6.45) is -0.0756. The lowest BCUT2D eigenvalue weighted by atomic mass is 9.98. The Kier molecular flexibility index (Phi) is 6.21. The van der Waals surface area contributed by atoms with Crippen LogP contribution in [0, 0.1) is 5.41 Å². The fourth-order valence-corrected chi connectivity index (χ4v) is 3.50. The van der Waals surface area contributed by atoms with E-state index in [0.717, 1.165) is 24.2 Å². The average molecular weight is 445 g/mol. The number of esters is 2. The summed E-state index contributed by atoms with van der Waals surface area (Å²) in [5.74, 6) is -0.115. The number of anilines is 1. The van der Waals surface area contributed by atoms with E-state index in [0.29, 0.717) is 28.0 Å². The minimum Gasteiger partial charge on any atom is -0.469 e. The van der Waals surface area contributed by atoms with Gasteiger partial charge in [-0.2, -0.15) is 0 Å². The molecule has 0 spiro atoms. The zero-order valence-corrected chi connectivity index (χ0v) is 18.0. The van der Waals surface area contributed by atoms with Crippen molar-refractivity contribution in [3.05, 3.63) is 71.3 Å². The smallest absolute Gasteiger partial charge is 0.343 e. The van der Waals surface area contributed by atoms with Gasteiger partial charge in [0.2, 0.25) is 0 Å². The molecule has 4 rings (SSSR count). The number of methoxy groups -OCH3 is 1. The van der Waals surface area contributed by atoms with Crippen LogP contribution >= 0.6 is 0 Å². The normalized spacial score (nSPS) is 12.6. The number of amidine groups is 1. The Bertz CT molecular complexity index is 1270. The van der Waals surface area contributed by atoms with Crippen molar-refractivity contribution in [3.8, 4) is 5.75 Å². The lowest BCUT2D eigenvalue weighted by Crippen LogP contribution is -2.26. The second-order valence-electron chi connectivity index (χ2n) is 7.39. The Hall–Kier alpha value is -4.40. The van der Waals surface area contributed by atoms with Crippen molar-refractivity contribution < 1.29 is 19.1 Å². The Morgan fingerprint density at radius 2 is 1.88 bits per heavy atom. The Morgan fingerprint density at radius 3 is 2.55 bits per heavy atom. The summed E-state index contributed by atoms with van der Waals surface area (Å²) in [4.78, 5) is 29.1. The van der Waals surface area contributed by atoms with Crippen LogP contribution in [0.4, 0.5) is 5.69 Å². The topological polar surface area (TPSA) is 139 Å². The molecule has 3 aromatic rings. The maximum Gasteiger partial charge on any atom is 0.343 e. The largest absolute Gasteiger partial charge is 0.469 e. The molecule has 0 amide bonds. The SMILES string of the molecule is COC(=O)Cc1c(OC(=O)c2ccc(NC3=NCCN3)cc2)ccc2cc(C(=N)N)ccc12. The van der Waals surface area contributed by atoms with Gasteiger partial charge < -0.3 is 25.8 Å². The van der Waals surface area contributed by atoms with E-state index in [-0.39, 0.29) is 18.0 Å². The van der Waals surface area contributed by atoms with Gasteiger partial charge in [0.05, 0.1) is 25.6 Å². The van der Waals surface area contributed by atoms with Crippen LogP contribution in [0.3, 0.4) is 0 Å². The van der Waals surface area contributed by atoms with Gasteiger partial charge in [-0.25, -0.2) is 4.79 Å². The summed E-state index contributed by atoms with van der Waals surface area (Å²) in [5, 5.41) is 15.4. The molecule has 0 aromatic heterocycles. The minimum atomic E-state index is -0.552. The van der Waals surface area contributed by atoms with Crippen LogP contribution in [0.1, 0.15) is 21.5 Å². The van der Waals surface area contributed by atoms with Crippen LogP contribution in [0.15, 0.2) is 59.6 Å². The van der Waals surface area contributed by atoms with Gasteiger partial charge in [-0.1, -0.05) is 18.2 Å². The van der Waals surface area contributed by atoms with Gasteiger partial charge in [-0.05, 0) is 47.2 Å². The van der Waals surface area contributed by atoms with Crippen LogP contribution in [0.25, 0.3) is 10.8 Å². The number of nitrogens with one attached hydrogen (secondary N) is 3. The van der Waals surface area contributed by atoms with E-state index in [2.05, 4.69) is 15.6 Å². The molecule has 0 atom stereocenters. The van der Waals surface area contributed by atoms with Gasteiger partial charge >= 0.3 is 11.9 Å². The third kappa shape index (κ3) is 4.93. The maximum absolute atomic E-state index is 12.8. The fraction of sp³-hybridized carbons (Fsp3) is 0.167. The van der Waals surface area contributed by atoms with Crippen molar-refractivity contribution >= 4 is 40.2 Å². The first kappa shape index (κ1) is 21.8. The fourth-order valence-electron chi connectivity index (χ4n) is 3.50. The molecule has 0 bridgehead atoms. The second kappa shape index (κ2) is 9.39. The predicted octanol–water partition coefficient (Wildman–Crippen LogP) is 2.43. The number of guanidine groups is 1. The number of carbonyl (C=O) groups is 2. The molecule has 3 aromatic carbocycles. The van der Waals surface area contributed by atoms with E-state index in [1.807, 2.05) is 0 Å². The first-order chi connectivity index (χ1) is 15.9. The first-order valence-corrected chi connectivity index (χ1v) is 10.3. The molecule has 9 heteroatoms. The van der Waals surface area contributed by atoms with Crippen molar-refractivity contribution in [2.45, 2.75) is 6.42 Å². The second-order valence-corrected chi connectivity index (χ2v) is 7.39. The zero-order chi connectivity index (χ0) is 23.4. The van der Waals surface area contributed by atoms with Crippen molar-refractivity contribution in [2.75, 3.05) is 25.5 Å². The number of carbonyl (C=O) groups excluding carboxylic acids is 2. The van der Waals surface area contributed by atoms with Crippen LogP contribution in [-0.4, -0.2) is 43.9 Å². The molecule has 0 unspecified atom stereocenters. The van der Waals surface area contributed by atoms with Crippen LogP contribution in [0.5, 0.6) is 5.75 Å². The molecule has 1 aliphatic rings. The molecule has 33 heavy (non-hydrogen) atoms. The number of nitrogen functional groups attached to an aromatic ring is 1. The first-order valence-electron chi connectivity index (χ1n) is 10.3. The lowest BCUT2D eigenvalue weighted by Gasteiger charge is -2.14. The summed E-state index contributed by atoms with van der Waals surface area (Å²) >= 11 is 0. The summed E-state index contributed by atoms with van der Waals surface area (Å²) in [6, 6.07) is 15.4. The van der Waals surface area contributed by atoms with E-state index in [9.17, 15) is 9.59 Å². The number of fused-ring (bicyclic) bond motifs is 1. The van der Waals surface area contributed by atoms with E-state index >= 15 is 0 Å². The van der Waals surface area contributed by atoms with E-state index in [1.165, 1.54) is 7.11 Å². The van der Waals surface area contributed by atoms with Crippen molar-refractivity contribution in [1.29, 1.82) is 5.41 Å². The highest BCUT2D eigenvalue weighted by atomic mass is 16.5. The monoisotopic (exact) mass is 445 g/mol. The van der Waals surface area contributed by atoms with E-state index in [1.54, 1.807) is 54.6 Å². The van der Waals surface area contributed by atoms with Crippen LogP contribution in [0.2, 0.25) is 0 Å². The third-order valence-electron chi connectivity index (χ3n) is 5.21. The molecule has 168 valence electrons. The number of nitrogens with two attached hydrogens (primary N) is 1. The number of hydrogen-bond donors (Lipinski definition) is 4. The molecule has 0 aliphatic carbocycles. The summed E-state index contributed by atoms with van der Waals surface area (Å²) < 4.78 is 10.5. The number of nitrogens with zero attached hydrogens (tertiary/aromatic N) is 1. The van der Waals surface area contributed by atoms with E-state index in [4.69, 9.17) is 20.6 Å². The highest BCUT2D eigenvalue weighted by molar-refractivity contribution is 6.01. The molecular weight excluding hydrogens is 422 g/mol. The number of hydrogen-bond acceptors (Lipinski definition) is 8. The molecule has 0 fully saturated rings. The highest BCUT2D eigenvalue weighted by Crippen LogP contribution is 2.30.